The van der Waals surface area contributed by atoms with Crippen molar-refractivity contribution in [2.75, 3.05) is 27.7 Å². The molecule has 1 aliphatic heterocycles. The highest BCUT2D eigenvalue weighted by molar-refractivity contribution is 6.32. The Labute approximate surface area is 243 Å². The van der Waals surface area contributed by atoms with Crippen LogP contribution in [-0.4, -0.2) is 67.4 Å². The number of likely N-dealkylation sites (tertiary alicyclic amines) is 1. The van der Waals surface area contributed by atoms with Crippen molar-refractivity contribution < 1.29 is 23.8 Å². The first-order valence-corrected chi connectivity index (χ1v) is 14.6. The second-order valence-corrected chi connectivity index (χ2v) is 12.7. The maximum atomic E-state index is 12.8. The third-order valence-electron chi connectivity index (χ3n) is 8.31. The van der Waals surface area contributed by atoms with Gasteiger partial charge in [0.05, 0.1) is 18.7 Å². The molecule has 0 bridgehead atoms. The van der Waals surface area contributed by atoms with Crippen molar-refractivity contribution in [3.63, 3.8) is 0 Å². The van der Waals surface area contributed by atoms with E-state index >= 15 is 0 Å². The van der Waals surface area contributed by atoms with E-state index in [0.717, 1.165) is 37.7 Å². The highest BCUT2D eigenvalue weighted by atomic mass is 35.5. The van der Waals surface area contributed by atoms with Gasteiger partial charge < -0.3 is 14.2 Å². The number of carbonyl (C=O) groups is 2. The Kier molecular flexibility index (Phi) is 9.36. The number of benzene rings is 2. The van der Waals surface area contributed by atoms with Gasteiger partial charge in [0.25, 0.3) is 0 Å². The van der Waals surface area contributed by atoms with E-state index < -0.39 is 29.8 Å². The molecule has 2 aromatic rings. The molecule has 4 rings (SSSR count). The first-order chi connectivity index (χ1) is 18.9. The summed E-state index contributed by atoms with van der Waals surface area (Å²) in [6.45, 7) is 5.59. The van der Waals surface area contributed by atoms with Gasteiger partial charge in [-0.05, 0) is 90.1 Å². The highest BCUT2D eigenvalue weighted by Gasteiger charge is 2.44. The molecule has 1 aliphatic carbocycles. The average molecular weight is 571 g/mol. The molecule has 40 heavy (non-hydrogen) atoms. The Morgan fingerprint density at radius 1 is 1.05 bits per heavy atom. The predicted octanol–water partition coefficient (Wildman–Crippen LogP) is 6.46. The molecule has 2 aliphatic rings. The van der Waals surface area contributed by atoms with Crippen LogP contribution in [0.1, 0.15) is 64.0 Å². The molecule has 2 fully saturated rings. The number of nitrogens with zero attached hydrogens (tertiary/aromatic N) is 2. The molecule has 0 unspecified atom stereocenters. The fourth-order valence-corrected chi connectivity index (χ4v) is 6.41. The van der Waals surface area contributed by atoms with Gasteiger partial charge in [-0.3, -0.25) is 9.80 Å². The summed E-state index contributed by atoms with van der Waals surface area (Å²) < 4.78 is 16.8. The number of methoxy groups -OCH3 is 1. The standard InChI is InChI=1S/C32H43ClN2O5/c1-31(2,3)40-30(37)35-21-25(20-26(35)29(36)38-6)39-27-14-10-11-23(28(27)33)19-22-15-17-32(18-16-22,34(4)5)24-12-8-7-9-13-24/h7-14,22,25-26H,15-21H2,1-6H3/t22?,25-,26-,32?/m0/s1. The maximum absolute atomic E-state index is 12.8. The molecule has 0 radical (unpaired) electrons. The summed E-state index contributed by atoms with van der Waals surface area (Å²) in [4.78, 5) is 29.1. The Morgan fingerprint density at radius 3 is 2.33 bits per heavy atom. The summed E-state index contributed by atoms with van der Waals surface area (Å²) in [5, 5.41) is 0.598. The van der Waals surface area contributed by atoms with Crippen LogP contribution < -0.4 is 4.74 Å². The molecule has 1 amide bonds. The SMILES string of the molecule is COC(=O)[C@@H]1C[C@H](Oc2cccc(CC3CCC(c4ccccc4)(N(C)C)CC3)c2Cl)CN1C(=O)OC(C)(C)C. The number of rotatable bonds is 7. The maximum Gasteiger partial charge on any atom is 0.411 e. The minimum absolute atomic E-state index is 0.0607. The van der Waals surface area contributed by atoms with Crippen LogP contribution in [0, 0.1) is 5.92 Å². The smallest absolute Gasteiger partial charge is 0.411 e. The number of hydrogen-bond acceptors (Lipinski definition) is 6. The molecule has 7 nitrogen and oxygen atoms in total. The van der Waals surface area contributed by atoms with Gasteiger partial charge in [0.15, 0.2) is 0 Å². The van der Waals surface area contributed by atoms with E-state index in [2.05, 4.69) is 55.4 Å². The van der Waals surface area contributed by atoms with Gasteiger partial charge in [0, 0.05) is 12.0 Å². The summed E-state index contributed by atoms with van der Waals surface area (Å²) in [5.41, 5.74) is 1.83. The quantitative estimate of drug-likeness (QED) is 0.356. The van der Waals surface area contributed by atoms with Gasteiger partial charge in [-0.25, -0.2) is 9.59 Å². The van der Waals surface area contributed by atoms with Gasteiger partial charge in [0.1, 0.15) is 23.5 Å². The third-order valence-corrected chi connectivity index (χ3v) is 8.74. The molecule has 218 valence electrons. The topological polar surface area (TPSA) is 68.3 Å². The lowest BCUT2D eigenvalue weighted by Gasteiger charge is -2.45. The predicted molar refractivity (Wildman–Crippen MR) is 157 cm³/mol. The van der Waals surface area contributed by atoms with Gasteiger partial charge in [-0.2, -0.15) is 0 Å². The number of esters is 1. The normalized spacial score (nSPS) is 25.1. The van der Waals surface area contributed by atoms with Crippen LogP contribution in [0.5, 0.6) is 5.75 Å². The number of carbonyl (C=O) groups excluding carboxylic acids is 2. The number of ether oxygens (including phenoxy) is 3. The molecular formula is C32H43ClN2O5. The summed E-state index contributed by atoms with van der Waals surface area (Å²) in [5.74, 6) is 0.613. The number of halogens is 1. The highest BCUT2D eigenvalue weighted by Crippen LogP contribution is 2.44. The van der Waals surface area contributed by atoms with Crippen LogP contribution in [0.3, 0.4) is 0 Å². The Morgan fingerprint density at radius 2 is 1.73 bits per heavy atom. The molecular weight excluding hydrogens is 528 g/mol. The summed E-state index contributed by atoms with van der Waals surface area (Å²) in [6, 6.07) is 15.9. The fraction of sp³-hybridized carbons (Fsp3) is 0.562. The minimum Gasteiger partial charge on any atom is -0.487 e. The van der Waals surface area contributed by atoms with Crippen molar-refractivity contribution in [2.45, 2.75) is 82.6 Å². The molecule has 1 saturated carbocycles. The largest absolute Gasteiger partial charge is 0.487 e. The van der Waals surface area contributed by atoms with Crippen LogP contribution in [-0.2, 0) is 26.2 Å². The lowest BCUT2D eigenvalue weighted by Crippen LogP contribution is -2.44. The zero-order chi connectivity index (χ0) is 29.1. The minimum atomic E-state index is -0.768. The van der Waals surface area contributed by atoms with Crippen molar-refractivity contribution in [3.8, 4) is 5.75 Å². The van der Waals surface area contributed by atoms with Crippen molar-refractivity contribution in [1.29, 1.82) is 0 Å². The summed E-state index contributed by atoms with van der Waals surface area (Å²) in [7, 11) is 5.68. The van der Waals surface area contributed by atoms with Crippen LogP contribution >= 0.6 is 11.6 Å². The van der Waals surface area contributed by atoms with E-state index in [-0.39, 0.29) is 12.1 Å². The second kappa shape index (κ2) is 12.4. The first-order valence-electron chi connectivity index (χ1n) is 14.2. The molecule has 1 saturated heterocycles. The monoisotopic (exact) mass is 570 g/mol. The van der Waals surface area contributed by atoms with Gasteiger partial charge in [0.2, 0.25) is 0 Å². The van der Waals surface area contributed by atoms with Crippen LogP contribution in [0.15, 0.2) is 48.5 Å². The van der Waals surface area contributed by atoms with Crippen LogP contribution in [0.2, 0.25) is 5.02 Å². The van der Waals surface area contributed by atoms with E-state index in [1.807, 2.05) is 12.1 Å². The van der Waals surface area contributed by atoms with E-state index in [1.165, 1.54) is 17.6 Å². The second-order valence-electron chi connectivity index (χ2n) is 12.3. The van der Waals surface area contributed by atoms with Crippen LogP contribution in [0.4, 0.5) is 4.79 Å². The molecule has 2 aromatic carbocycles. The Hall–Kier alpha value is -2.77. The molecule has 0 spiro atoms. The van der Waals surface area contributed by atoms with Gasteiger partial charge in [-0.1, -0.05) is 54.1 Å². The van der Waals surface area contributed by atoms with E-state index in [1.54, 1.807) is 20.8 Å². The van der Waals surface area contributed by atoms with Crippen LogP contribution in [0.25, 0.3) is 0 Å². The van der Waals surface area contributed by atoms with E-state index in [0.29, 0.717) is 23.1 Å². The molecule has 8 heteroatoms. The van der Waals surface area contributed by atoms with E-state index in [9.17, 15) is 9.59 Å². The zero-order valence-electron chi connectivity index (χ0n) is 24.6. The average Bonchev–Trinajstić information content (AvgIpc) is 3.34. The Bertz CT molecular complexity index is 1170. The van der Waals surface area contributed by atoms with E-state index in [4.69, 9.17) is 25.8 Å². The lowest BCUT2D eigenvalue weighted by atomic mass is 9.70. The zero-order valence-corrected chi connectivity index (χ0v) is 25.4. The Balaban J connectivity index is 1.42. The summed E-state index contributed by atoms with van der Waals surface area (Å²) in [6.07, 6.45) is 4.64. The van der Waals surface area contributed by atoms with Gasteiger partial charge >= 0.3 is 12.1 Å². The van der Waals surface area contributed by atoms with Crippen molar-refractivity contribution in [1.82, 2.24) is 9.80 Å². The van der Waals surface area contributed by atoms with Gasteiger partial charge in [-0.15, -0.1) is 0 Å². The molecule has 2 atom stereocenters. The van der Waals surface area contributed by atoms with Crippen molar-refractivity contribution in [3.05, 3.63) is 64.7 Å². The summed E-state index contributed by atoms with van der Waals surface area (Å²) >= 11 is 6.89. The molecule has 0 N–H and O–H groups in total. The van der Waals surface area contributed by atoms with Crippen molar-refractivity contribution >= 4 is 23.7 Å². The number of hydrogen-bond donors (Lipinski definition) is 0. The lowest BCUT2D eigenvalue weighted by molar-refractivity contribution is -0.145. The fourth-order valence-electron chi connectivity index (χ4n) is 6.16. The molecule has 1 heterocycles. The third kappa shape index (κ3) is 6.74. The van der Waals surface area contributed by atoms with Crippen molar-refractivity contribution in [2.24, 2.45) is 5.92 Å². The first kappa shape index (κ1) is 30.2. The molecule has 0 aromatic heterocycles. The number of amides is 1.